The van der Waals surface area contributed by atoms with Gasteiger partial charge in [0.15, 0.2) is 0 Å². The first kappa shape index (κ1) is 12.4. The Labute approximate surface area is 103 Å². The van der Waals surface area contributed by atoms with Gasteiger partial charge in [0, 0.05) is 31.5 Å². The summed E-state index contributed by atoms with van der Waals surface area (Å²) in [5.41, 5.74) is 2.06. The highest BCUT2D eigenvalue weighted by atomic mass is 16.5. The first-order valence-electron chi connectivity index (χ1n) is 6.17. The van der Waals surface area contributed by atoms with Crippen molar-refractivity contribution >= 4 is 5.69 Å². The van der Waals surface area contributed by atoms with Crippen LogP contribution in [0.25, 0.3) is 0 Å². The van der Waals surface area contributed by atoms with Gasteiger partial charge in [0.25, 0.3) is 0 Å². The van der Waals surface area contributed by atoms with Crippen molar-refractivity contribution in [3.63, 3.8) is 0 Å². The standard InChI is InChI=1S/C14H21NO2/c1-14(17-2)8-5-9-15(11-14)13-7-4-3-6-12(13)10-16/h3-4,6-7,16H,5,8-11H2,1-2H3. The van der Waals surface area contributed by atoms with E-state index in [0.717, 1.165) is 37.2 Å². The van der Waals surface area contributed by atoms with Gasteiger partial charge in [-0.25, -0.2) is 0 Å². The molecule has 2 rings (SSSR count). The van der Waals surface area contributed by atoms with Gasteiger partial charge in [-0.05, 0) is 25.8 Å². The van der Waals surface area contributed by atoms with Crippen LogP contribution in [0.2, 0.25) is 0 Å². The van der Waals surface area contributed by atoms with E-state index in [9.17, 15) is 5.11 Å². The first-order valence-corrected chi connectivity index (χ1v) is 6.17. The summed E-state index contributed by atoms with van der Waals surface area (Å²) in [6.45, 7) is 4.17. The fourth-order valence-corrected chi connectivity index (χ4v) is 2.53. The molecule has 1 aromatic rings. The molecule has 1 atom stereocenters. The lowest BCUT2D eigenvalue weighted by atomic mass is 9.94. The number of anilines is 1. The number of piperidine rings is 1. The highest BCUT2D eigenvalue weighted by Crippen LogP contribution is 2.29. The molecule has 1 saturated heterocycles. The molecule has 1 fully saturated rings. The molecular formula is C14H21NO2. The zero-order valence-electron chi connectivity index (χ0n) is 10.6. The van der Waals surface area contributed by atoms with E-state index in [1.165, 1.54) is 0 Å². The minimum atomic E-state index is -0.0686. The Kier molecular flexibility index (Phi) is 3.69. The van der Waals surface area contributed by atoms with Crippen molar-refractivity contribution in [3.8, 4) is 0 Å². The number of hydrogen-bond acceptors (Lipinski definition) is 3. The summed E-state index contributed by atoms with van der Waals surface area (Å²) in [5.74, 6) is 0. The fraction of sp³-hybridized carbons (Fsp3) is 0.571. The van der Waals surface area contributed by atoms with Gasteiger partial charge in [-0.15, -0.1) is 0 Å². The van der Waals surface area contributed by atoms with Crippen LogP contribution >= 0.6 is 0 Å². The average molecular weight is 235 g/mol. The third-order valence-electron chi connectivity index (χ3n) is 3.65. The van der Waals surface area contributed by atoms with E-state index in [-0.39, 0.29) is 12.2 Å². The number of aliphatic hydroxyl groups excluding tert-OH is 1. The third kappa shape index (κ3) is 2.61. The molecule has 1 aromatic carbocycles. The highest BCUT2D eigenvalue weighted by molar-refractivity contribution is 5.54. The minimum Gasteiger partial charge on any atom is -0.392 e. The molecule has 3 nitrogen and oxygen atoms in total. The Balaban J connectivity index is 2.22. The van der Waals surface area contributed by atoms with E-state index < -0.39 is 0 Å². The van der Waals surface area contributed by atoms with Gasteiger partial charge in [0.1, 0.15) is 0 Å². The van der Waals surface area contributed by atoms with E-state index in [1.807, 2.05) is 18.2 Å². The Morgan fingerprint density at radius 2 is 2.18 bits per heavy atom. The van der Waals surface area contributed by atoms with Crippen molar-refractivity contribution in [2.75, 3.05) is 25.1 Å². The van der Waals surface area contributed by atoms with Crippen LogP contribution in [0.15, 0.2) is 24.3 Å². The topological polar surface area (TPSA) is 32.7 Å². The molecule has 0 amide bonds. The van der Waals surface area contributed by atoms with Crippen molar-refractivity contribution in [2.45, 2.75) is 32.0 Å². The Bertz CT molecular complexity index is 380. The molecule has 17 heavy (non-hydrogen) atoms. The molecule has 3 heteroatoms. The summed E-state index contributed by atoms with van der Waals surface area (Å²) in [7, 11) is 1.78. The number of rotatable bonds is 3. The summed E-state index contributed by atoms with van der Waals surface area (Å²) >= 11 is 0. The second kappa shape index (κ2) is 5.07. The lowest BCUT2D eigenvalue weighted by Gasteiger charge is -2.41. The molecule has 94 valence electrons. The number of benzene rings is 1. The Morgan fingerprint density at radius 1 is 1.41 bits per heavy atom. The quantitative estimate of drug-likeness (QED) is 0.871. The van der Waals surface area contributed by atoms with E-state index in [1.54, 1.807) is 7.11 Å². The monoisotopic (exact) mass is 235 g/mol. The van der Waals surface area contributed by atoms with Gasteiger partial charge < -0.3 is 14.7 Å². The van der Waals surface area contributed by atoms with Crippen LogP contribution in [-0.4, -0.2) is 30.9 Å². The Hall–Kier alpha value is -1.06. The molecule has 0 spiro atoms. The van der Waals surface area contributed by atoms with E-state index in [0.29, 0.717) is 0 Å². The van der Waals surface area contributed by atoms with Crippen LogP contribution in [0.1, 0.15) is 25.3 Å². The maximum absolute atomic E-state index is 9.38. The molecule has 0 aromatic heterocycles. The second-order valence-corrected chi connectivity index (χ2v) is 4.97. The molecule has 0 bridgehead atoms. The van der Waals surface area contributed by atoms with Crippen LogP contribution < -0.4 is 4.90 Å². The molecule has 0 radical (unpaired) electrons. The molecule has 1 heterocycles. The van der Waals surface area contributed by atoms with Crippen molar-refractivity contribution in [2.24, 2.45) is 0 Å². The number of ether oxygens (including phenoxy) is 1. The van der Waals surface area contributed by atoms with Gasteiger partial charge in [-0.1, -0.05) is 18.2 Å². The summed E-state index contributed by atoms with van der Waals surface area (Å²) in [6.07, 6.45) is 2.23. The van der Waals surface area contributed by atoms with Crippen LogP contribution in [-0.2, 0) is 11.3 Å². The fourth-order valence-electron chi connectivity index (χ4n) is 2.53. The second-order valence-electron chi connectivity index (χ2n) is 4.97. The van der Waals surface area contributed by atoms with Crippen LogP contribution in [0.3, 0.4) is 0 Å². The zero-order valence-corrected chi connectivity index (χ0v) is 10.6. The van der Waals surface area contributed by atoms with Crippen molar-refractivity contribution in [1.82, 2.24) is 0 Å². The first-order chi connectivity index (χ1) is 8.18. The van der Waals surface area contributed by atoms with Gasteiger partial charge in [-0.2, -0.15) is 0 Å². The summed E-state index contributed by atoms with van der Waals surface area (Å²) in [5, 5.41) is 9.38. The van der Waals surface area contributed by atoms with Crippen molar-refractivity contribution < 1.29 is 9.84 Å². The molecule has 0 saturated carbocycles. The van der Waals surface area contributed by atoms with Crippen LogP contribution in [0.5, 0.6) is 0 Å². The van der Waals surface area contributed by atoms with Crippen molar-refractivity contribution in [3.05, 3.63) is 29.8 Å². The number of aliphatic hydroxyl groups is 1. The Morgan fingerprint density at radius 3 is 2.88 bits per heavy atom. The lowest BCUT2D eigenvalue weighted by Crippen LogP contribution is -2.47. The molecule has 1 aliphatic heterocycles. The van der Waals surface area contributed by atoms with Crippen molar-refractivity contribution in [1.29, 1.82) is 0 Å². The molecule has 1 aliphatic rings. The number of nitrogens with zero attached hydrogens (tertiary/aromatic N) is 1. The highest BCUT2D eigenvalue weighted by Gasteiger charge is 2.31. The predicted molar refractivity (Wildman–Crippen MR) is 69.2 cm³/mol. The zero-order chi connectivity index (χ0) is 12.3. The van der Waals surface area contributed by atoms with Gasteiger partial charge >= 0.3 is 0 Å². The van der Waals surface area contributed by atoms with Gasteiger partial charge in [0.2, 0.25) is 0 Å². The summed E-state index contributed by atoms with van der Waals surface area (Å²) in [6, 6.07) is 8.04. The summed E-state index contributed by atoms with van der Waals surface area (Å²) < 4.78 is 5.60. The van der Waals surface area contributed by atoms with E-state index in [2.05, 4.69) is 17.9 Å². The molecule has 1 unspecified atom stereocenters. The van der Waals surface area contributed by atoms with E-state index in [4.69, 9.17) is 4.74 Å². The van der Waals surface area contributed by atoms with E-state index >= 15 is 0 Å². The number of para-hydroxylation sites is 1. The smallest absolute Gasteiger partial charge is 0.0825 e. The van der Waals surface area contributed by atoms with Crippen LogP contribution in [0, 0.1) is 0 Å². The maximum atomic E-state index is 9.38. The number of hydrogen-bond donors (Lipinski definition) is 1. The number of methoxy groups -OCH3 is 1. The minimum absolute atomic E-state index is 0.0686. The van der Waals surface area contributed by atoms with Gasteiger partial charge in [0.05, 0.1) is 12.2 Å². The summed E-state index contributed by atoms with van der Waals surface area (Å²) in [4.78, 5) is 2.32. The van der Waals surface area contributed by atoms with Crippen LogP contribution in [0.4, 0.5) is 5.69 Å². The molecule has 1 N–H and O–H groups in total. The average Bonchev–Trinajstić information content (AvgIpc) is 2.39. The maximum Gasteiger partial charge on any atom is 0.0825 e. The third-order valence-corrected chi connectivity index (χ3v) is 3.65. The predicted octanol–water partition coefficient (Wildman–Crippen LogP) is 2.18. The largest absolute Gasteiger partial charge is 0.392 e. The normalized spacial score (nSPS) is 25.0. The SMILES string of the molecule is COC1(C)CCCN(c2ccccc2CO)C1. The lowest BCUT2D eigenvalue weighted by molar-refractivity contribution is -0.00472. The molecule has 0 aliphatic carbocycles. The van der Waals surface area contributed by atoms with Gasteiger partial charge in [-0.3, -0.25) is 0 Å². The molecular weight excluding hydrogens is 214 g/mol.